The zero-order valence-electron chi connectivity index (χ0n) is 12.1. The van der Waals surface area contributed by atoms with E-state index in [1.165, 1.54) is 4.31 Å². The molecule has 1 unspecified atom stereocenters. The van der Waals surface area contributed by atoms with Crippen molar-refractivity contribution in [3.8, 4) is 0 Å². The van der Waals surface area contributed by atoms with Gasteiger partial charge in [-0.2, -0.15) is 4.31 Å². The second kappa shape index (κ2) is 8.76. The van der Waals surface area contributed by atoms with E-state index >= 15 is 0 Å². The molecular weight excluding hydrogens is 290 g/mol. The average Bonchev–Trinajstić information content (AvgIpc) is 2.27. The van der Waals surface area contributed by atoms with Crippen LogP contribution in [0.1, 0.15) is 27.7 Å². The number of sulfonamides is 1. The normalized spacial score (nSPS) is 13.8. The summed E-state index contributed by atoms with van der Waals surface area (Å²) in [5, 5.41) is 0. The predicted molar refractivity (Wildman–Crippen MR) is 76.7 cm³/mol. The standard InChI is InChI=1S/C12H24ClNO4S/c1-5-18-12(15)8-14(7-10(2)3)19(16,17)9-11(4)6-13/h10-11H,5-9H2,1-4H3. The summed E-state index contributed by atoms with van der Waals surface area (Å²) in [6, 6.07) is 0. The maximum atomic E-state index is 12.2. The molecule has 0 N–H and O–H groups in total. The Morgan fingerprint density at radius 2 is 1.89 bits per heavy atom. The van der Waals surface area contributed by atoms with E-state index in [9.17, 15) is 13.2 Å². The van der Waals surface area contributed by atoms with Gasteiger partial charge in [0, 0.05) is 12.4 Å². The molecule has 0 rings (SSSR count). The Bertz CT molecular complexity index is 370. The fourth-order valence-electron chi connectivity index (χ4n) is 1.54. The highest BCUT2D eigenvalue weighted by molar-refractivity contribution is 7.89. The summed E-state index contributed by atoms with van der Waals surface area (Å²) in [4.78, 5) is 11.5. The van der Waals surface area contributed by atoms with Crippen molar-refractivity contribution >= 4 is 27.6 Å². The maximum Gasteiger partial charge on any atom is 0.321 e. The second-order valence-corrected chi connectivity index (χ2v) is 7.35. The molecule has 0 aliphatic rings. The van der Waals surface area contributed by atoms with Crippen LogP contribution in [0.4, 0.5) is 0 Å². The predicted octanol–water partition coefficient (Wildman–Crippen LogP) is 1.71. The van der Waals surface area contributed by atoms with Gasteiger partial charge in [-0.05, 0) is 18.8 Å². The lowest BCUT2D eigenvalue weighted by Crippen LogP contribution is -2.41. The molecule has 0 saturated heterocycles. The molecule has 114 valence electrons. The Labute approximate surface area is 121 Å². The molecule has 1 atom stereocenters. The van der Waals surface area contributed by atoms with Gasteiger partial charge in [-0.15, -0.1) is 11.6 Å². The number of ether oxygens (including phenoxy) is 1. The van der Waals surface area contributed by atoms with Crippen molar-refractivity contribution in [1.82, 2.24) is 4.31 Å². The van der Waals surface area contributed by atoms with Crippen LogP contribution in [0.3, 0.4) is 0 Å². The van der Waals surface area contributed by atoms with Crippen molar-refractivity contribution in [2.45, 2.75) is 27.7 Å². The van der Waals surface area contributed by atoms with E-state index < -0.39 is 16.0 Å². The molecule has 0 heterocycles. The highest BCUT2D eigenvalue weighted by atomic mass is 35.5. The Hall–Kier alpha value is -0.330. The topological polar surface area (TPSA) is 63.7 Å². The maximum absolute atomic E-state index is 12.2. The molecule has 0 fully saturated rings. The van der Waals surface area contributed by atoms with E-state index in [0.29, 0.717) is 6.54 Å². The van der Waals surface area contributed by atoms with Crippen molar-refractivity contribution in [3.05, 3.63) is 0 Å². The number of carbonyl (C=O) groups is 1. The molecule has 0 aliphatic carbocycles. The van der Waals surface area contributed by atoms with Crippen molar-refractivity contribution in [3.63, 3.8) is 0 Å². The third kappa shape index (κ3) is 7.74. The molecule has 0 aliphatic heterocycles. The first kappa shape index (κ1) is 18.7. The smallest absolute Gasteiger partial charge is 0.321 e. The lowest BCUT2D eigenvalue weighted by Gasteiger charge is -2.24. The third-order valence-electron chi connectivity index (χ3n) is 2.33. The molecule has 0 saturated carbocycles. The van der Waals surface area contributed by atoms with Crippen LogP contribution in [-0.4, -0.2) is 50.0 Å². The van der Waals surface area contributed by atoms with E-state index in [4.69, 9.17) is 16.3 Å². The molecule has 19 heavy (non-hydrogen) atoms. The number of carbonyl (C=O) groups excluding carboxylic acids is 1. The lowest BCUT2D eigenvalue weighted by molar-refractivity contribution is -0.143. The Kier molecular flexibility index (Phi) is 8.61. The van der Waals surface area contributed by atoms with Crippen LogP contribution in [0.2, 0.25) is 0 Å². The van der Waals surface area contributed by atoms with Gasteiger partial charge in [0.2, 0.25) is 10.0 Å². The number of hydrogen-bond acceptors (Lipinski definition) is 4. The first-order valence-electron chi connectivity index (χ1n) is 6.42. The van der Waals surface area contributed by atoms with E-state index in [-0.39, 0.29) is 36.6 Å². The van der Waals surface area contributed by atoms with Gasteiger partial charge in [0.25, 0.3) is 0 Å². The SMILES string of the molecule is CCOC(=O)CN(CC(C)C)S(=O)(=O)CC(C)CCl. The summed E-state index contributed by atoms with van der Waals surface area (Å²) >= 11 is 5.65. The van der Waals surface area contributed by atoms with Gasteiger partial charge in [0.05, 0.1) is 12.4 Å². The molecule has 0 amide bonds. The zero-order chi connectivity index (χ0) is 15.1. The minimum Gasteiger partial charge on any atom is -0.465 e. The van der Waals surface area contributed by atoms with E-state index in [2.05, 4.69) is 0 Å². The highest BCUT2D eigenvalue weighted by Crippen LogP contribution is 2.11. The van der Waals surface area contributed by atoms with Crippen molar-refractivity contribution < 1.29 is 17.9 Å². The van der Waals surface area contributed by atoms with Crippen LogP contribution in [0.15, 0.2) is 0 Å². The fraction of sp³-hybridized carbons (Fsp3) is 0.917. The number of nitrogens with zero attached hydrogens (tertiary/aromatic N) is 1. The highest BCUT2D eigenvalue weighted by Gasteiger charge is 2.27. The summed E-state index contributed by atoms with van der Waals surface area (Å²) in [5.74, 6) is -0.319. The van der Waals surface area contributed by atoms with Crippen LogP contribution in [0, 0.1) is 11.8 Å². The van der Waals surface area contributed by atoms with Gasteiger partial charge >= 0.3 is 5.97 Å². The zero-order valence-corrected chi connectivity index (χ0v) is 13.6. The first-order valence-corrected chi connectivity index (χ1v) is 8.56. The van der Waals surface area contributed by atoms with E-state index in [1.54, 1.807) is 13.8 Å². The molecule has 0 radical (unpaired) electrons. The third-order valence-corrected chi connectivity index (χ3v) is 4.91. The van der Waals surface area contributed by atoms with Gasteiger partial charge in [-0.1, -0.05) is 20.8 Å². The number of hydrogen-bond donors (Lipinski definition) is 0. The van der Waals surface area contributed by atoms with Gasteiger partial charge in [-0.3, -0.25) is 4.79 Å². The first-order chi connectivity index (χ1) is 8.72. The number of rotatable bonds is 9. The quantitative estimate of drug-likeness (QED) is 0.480. The minimum atomic E-state index is -3.49. The van der Waals surface area contributed by atoms with Crippen LogP contribution in [-0.2, 0) is 19.6 Å². The lowest BCUT2D eigenvalue weighted by atomic mass is 10.2. The summed E-state index contributed by atoms with van der Waals surface area (Å²) in [6.07, 6.45) is 0. The Morgan fingerprint density at radius 3 is 2.32 bits per heavy atom. The monoisotopic (exact) mass is 313 g/mol. The van der Waals surface area contributed by atoms with Crippen molar-refractivity contribution in [1.29, 1.82) is 0 Å². The summed E-state index contributed by atoms with van der Waals surface area (Å²) in [5.41, 5.74) is 0. The second-order valence-electron chi connectivity index (χ2n) is 5.03. The average molecular weight is 314 g/mol. The molecule has 0 aromatic heterocycles. The van der Waals surface area contributed by atoms with Crippen LogP contribution < -0.4 is 0 Å². The Balaban J connectivity index is 4.86. The molecule has 0 spiro atoms. The minimum absolute atomic E-state index is 0.0530. The number of esters is 1. The summed E-state index contributed by atoms with van der Waals surface area (Å²) in [7, 11) is -3.49. The van der Waals surface area contributed by atoms with Crippen molar-refractivity contribution in [2.75, 3.05) is 31.3 Å². The van der Waals surface area contributed by atoms with Crippen LogP contribution in [0.25, 0.3) is 0 Å². The van der Waals surface area contributed by atoms with Crippen LogP contribution in [0.5, 0.6) is 0 Å². The van der Waals surface area contributed by atoms with Crippen LogP contribution >= 0.6 is 11.6 Å². The van der Waals surface area contributed by atoms with Gasteiger partial charge < -0.3 is 4.74 Å². The van der Waals surface area contributed by atoms with Gasteiger partial charge in [0.15, 0.2) is 0 Å². The Morgan fingerprint density at radius 1 is 1.32 bits per heavy atom. The largest absolute Gasteiger partial charge is 0.465 e. The molecule has 0 aromatic carbocycles. The molecule has 0 aromatic rings. The summed E-state index contributed by atoms with van der Waals surface area (Å²) < 4.78 is 30.5. The number of alkyl halides is 1. The molecule has 5 nitrogen and oxygen atoms in total. The molecule has 7 heteroatoms. The van der Waals surface area contributed by atoms with E-state index in [0.717, 1.165) is 0 Å². The van der Waals surface area contributed by atoms with E-state index in [1.807, 2.05) is 13.8 Å². The van der Waals surface area contributed by atoms with Crippen molar-refractivity contribution in [2.24, 2.45) is 11.8 Å². The fourth-order valence-corrected chi connectivity index (χ4v) is 3.66. The van der Waals surface area contributed by atoms with Gasteiger partial charge in [0.1, 0.15) is 6.54 Å². The molecular formula is C12H24ClNO4S. The summed E-state index contributed by atoms with van der Waals surface area (Å²) in [6.45, 7) is 7.57. The number of halogens is 1. The molecule has 0 bridgehead atoms. The van der Waals surface area contributed by atoms with Gasteiger partial charge in [-0.25, -0.2) is 8.42 Å².